The summed E-state index contributed by atoms with van der Waals surface area (Å²) in [5.74, 6) is 2.22. The Bertz CT molecular complexity index is 1120. The van der Waals surface area contributed by atoms with Crippen molar-refractivity contribution in [2.45, 2.75) is 18.9 Å². The molecule has 30 heavy (non-hydrogen) atoms. The lowest BCUT2D eigenvalue weighted by Gasteiger charge is -2.35. The standard InChI is InChI=1S/C21H24N8S/c1-27-10-8-16(9-11-27)28(2)21-25-19(24-15-6-4-3-5-7-15)18-20(26-21)29(13-22-18)17-12-30-14-23-17/h3-7,12-14,16H,8-11H2,1-2H3,(H,24,25,26). The van der Waals surface area contributed by atoms with Crippen LogP contribution < -0.4 is 10.2 Å². The second-order valence-corrected chi connectivity index (χ2v) is 8.36. The van der Waals surface area contributed by atoms with Gasteiger partial charge in [-0.3, -0.25) is 4.57 Å². The Kier molecular flexibility index (Phi) is 5.06. The van der Waals surface area contributed by atoms with Crippen molar-refractivity contribution >= 4 is 40.0 Å². The molecular formula is C21H24N8S. The summed E-state index contributed by atoms with van der Waals surface area (Å²) in [6.07, 6.45) is 3.96. The molecule has 0 bridgehead atoms. The number of hydrogen-bond acceptors (Lipinski definition) is 8. The molecule has 0 unspecified atom stereocenters. The number of aromatic nitrogens is 5. The number of nitrogens with one attached hydrogen (secondary N) is 1. The Balaban J connectivity index is 1.58. The number of rotatable bonds is 5. The molecule has 4 aromatic rings. The van der Waals surface area contributed by atoms with Gasteiger partial charge in [0.1, 0.15) is 6.33 Å². The van der Waals surface area contributed by atoms with E-state index in [0.717, 1.165) is 48.6 Å². The van der Waals surface area contributed by atoms with Crippen LogP contribution in [0.15, 0.2) is 47.5 Å². The van der Waals surface area contributed by atoms with Gasteiger partial charge in [0, 0.05) is 24.2 Å². The highest BCUT2D eigenvalue weighted by Gasteiger charge is 2.24. The fraction of sp³-hybridized carbons (Fsp3) is 0.333. The minimum Gasteiger partial charge on any atom is -0.341 e. The molecule has 1 aliphatic heterocycles. The van der Waals surface area contributed by atoms with Crippen molar-refractivity contribution < 1.29 is 0 Å². The molecule has 8 nitrogen and oxygen atoms in total. The maximum atomic E-state index is 4.91. The van der Waals surface area contributed by atoms with Crippen molar-refractivity contribution in [3.63, 3.8) is 0 Å². The van der Waals surface area contributed by atoms with Gasteiger partial charge in [-0.25, -0.2) is 9.97 Å². The Morgan fingerprint density at radius 2 is 1.90 bits per heavy atom. The second-order valence-electron chi connectivity index (χ2n) is 7.64. The third-order valence-electron chi connectivity index (χ3n) is 5.64. The number of para-hydroxylation sites is 1. The number of imidazole rings is 1. The average Bonchev–Trinajstić information content (AvgIpc) is 3.44. The van der Waals surface area contributed by atoms with Crippen LogP contribution in [0.5, 0.6) is 0 Å². The molecule has 154 valence electrons. The summed E-state index contributed by atoms with van der Waals surface area (Å²) in [4.78, 5) is 23.4. The van der Waals surface area contributed by atoms with Gasteiger partial charge in [0.05, 0.1) is 5.51 Å². The number of benzene rings is 1. The molecule has 4 heterocycles. The van der Waals surface area contributed by atoms with E-state index in [1.807, 2.05) is 45.8 Å². The summed E-state index contributed by atoms with van der Waals surface area (Å²) < 4.78 is 1.93. The van der Waals surface area contributed by atoms with Crippen LogP contribution >= 0.6 is 11.3 Å². The van der Waals surface area contributed by atoms with Crippen molar-refractivity contribution in [3.05, 3.63) is 47.5 Å². The smallest absolute Gasteiger partial charge is 0.229 e. The summed E-state index contributed by atoms with van der Waals surface area (Å²) in [7, 11) is 4.26. The van der Waals surface area contributed by atoms with Gasteiger partial charge in [-0.1, -0.05) is 18.2 Å². The number of fused-ring (bicyclic) bond motifs is 1. The van der Waals surface area contributed by atoms with Gasteiger partial charge < -0.3 is 15.1 Å². The Labute approximate surface area is 179 Å². The van der Waals surface area contributed by atoms with Crippen molar-refractivity contribution in [2.75, 3.05) is 37.4 Å². The molecule has 5 rings (SSSR count). The van der Waals surface area contributed by atoms with Gasteiger partial charge in [-0.05, 0) is 45.1 Å². The topological polar surface area (TPSA) is 75.0 Å². The number of likely N-dealkylation sites (tertiary alicyclic amines) is 1. The van der Waals surface area contributed by atoms with Gasteiger partial charge >= 0.3 is 0 Å². The Morgan fingerprint density at radius 3 is 2.63 bits per heavy atom. The van der Waals surface area contributed by atoms with Crippen LogP contribution in [0.4, 0.5) is 17.5 Å². The third kappa shape index (κ3) is 3.61. The average molecular weight is 421 g/mol. The SMILES string of the molecule is CN1CCC(N(C)c2nc(Nc3ccccc3)c3ncn(-c4cscn4)c3n2)CC1. The van der Waals surface area contributed by atoms with Crippen LogP contribution in [-0.2, 0) is 0 Å². The second kappa shape index (κ2) is 8.00. The third-order valence-corrected chi connectivity index (χ3v) is 6.21. The predicted molar refractivity (Wildman–Crippen MR) is 121 cm³/mol. The minimum atomic E-state index is 0.416. The number of nitrogens with zero attached hydrogens (tertiary/aromatic N) is 7. The highest BCUT2D eigenvalue weighted by molar-refractivity contribution is 7.07. The van der Waals surface area contributed by atoms with Crippen LogP contribution in [0.2, 0.25) is 0 Å². The van der Waals surface area contributed by atoms with Crippen LogP contribution in [0, 0.1) is 0 Å². The van der Waals surface area contributed by atoms with E-state index in [1.54, 1.807) is 17.7 Å². The Hall–Kier alpha value is -3.04. The lowest BCUT2D eigenvalue weighted by Crippen LogP contribution is -2.42. The van der Waals surface area contributed by atoms with Crippen LogP contribution in [0.25, 0.3) is 17.0 Å². The zero-order chi connectivity index (χ0) is 20.5. The van der Waals surface area contributed by atoms with Gasteiger partial charge in [-0.15, -0.1) is 11.3 Å². The molecule has 1 aliphatic rings. The number of hydrogen-bond donors (Lipinski definition) is 1. The fourth-order valence-electron chi connectivity index (χ4n) is 3.83. The van der Waals surface area contributed by atoms with Gasteiger partial charge in [0.2, 0.25) is 5.95 Å². The van der Waals surface area contributed by atoms with E-state index in [4.69, 9.17) is 9.97 Å². The molecule has 0 spiro atoms. The molecule has 9 heteroatoms. The molecule has 0 saturated carbocycles. The van der Waals surface area contributed by atoms with Crippen molar-refractivity contribution in [3.8, 4) is 5.82 Å². The first-order chi connectivity index (χ1) is 14.7. The van der Waals surface area contributed by atoms with E-state index in [0.29, 0.717) is 17.8 Å². The highest BCUT2D eigenvalue weighted by Crippen LogP contribution is 2.28. The fourth-order valence-corrected chi connectivity index (χ4v) is 4.36. The minimum absolute atomic E-state index is 0.416. The van der Waals surface area contributed by atoms with Crippen molar-refractivity contribution in [1.29, 1.82) is 0 Å². The summed E-state index contributed by atoms with van der Waals surface area (Å²) in [6.45, 7) is 2.17. The molecular weight excluding hydrogens is 396 g/mol. The first-order valence-electron chi connectivity index (χ1n) is 10.1. The number of piperidine rings is 1. The van der Waals surface area contributed by atoms with E-state index >= 15 is 0 Å². The van der Waals surface area contributed by atoms with Gasteiger partial charge in [0.15, 0.2) is 22.8 Å². The van der Waals surface area contributed by atoms with Crippen LogP contribution in [0.3, 0.4) is 0 Å². The Morgan fingerprint density at radius 1 is 1.10 bits per heavy atom. The van der Waals surface area contributed by atoms with Gasteiger partial charge in [0.25, 0.3) is 0 Å². The summed E-state index contributed by atoms with van der Waals surface area (Å²) in [5.41, 5.74) is 4.27. The van der Waals surface area contributed by atoms with E-state index in [2.05, 4.69) is 39.2 Å². The zero-order valence-corrected chi connectivity index (χ0v) is 17.9. The lowest BCUT2D eigenvalue weighted by molar-refractivity contribution is 0.252. The van der Waals surface area contributed by atoms with E-state index in [9.17, 15) is 0 Å². The van der Waals surface area contributed by atoms with E-state index < -0.39 is 0 Å². The molecule has 0 amide bonds. The van der Waals surface area contributed by atoms with Gasteiger partial charge in [-0.2, -0.15) is 9.97 Å². The number of anilines is 3. The normalized spacial score (nSPS) is 15.5. The maximum Gasteiger partial charge on any atom is 0.229 e. The molecule has 1 aromatic carbocycles. The molecule has 0 atom stereocenters. The summed E-state index contributed by atoms with van der Waals surface area (Å²) >= 11 is 1.55. The van der Waals surface area contributed by atoms with E-state index in [1.165, 1.54) is 0 Å². The lowest BCUT2D eigenvalue weighted by atomic mass is 10.0. The molecule has 3 aromatic heterocycles. The largest absolute Gasteiger partial charge is 0.341 e. The predicted octanol–water partition coefficient (Wildman–Crippen LogP) is 3.55. The molecule has 1 fully saturated rings. The first kappa shape index (κ1) is 19.0. The van der Waals surface area contributed by atoms with Crippen LogP contribution in [0.1, 0.15) is 12.8 Å². The molecule has 0 radical (unpaired) electrons. The first-order valence-corrected chi connectivity index (χ1v) is 11.0. The highest BCUT2D eigenvalue weighted by atomic mass is 32.1. The quantitative estimate of drug-likeness (QED) is 0.529. The maximum absolute atomic E-state index is 4.91. The van der Waals surface area contributed by atoms with Crippen LogP contribution in [-0.4, -0.2) is 62.6 Å². The monoisotopic (exact) mass is 420 g/mol. The molecule has 1 N–H and O–H groups in total. The summed E-state index contributed by atoms with van der Waals surface area (Å²) in [5, 5.41) is 5.43. The molecule has 1 saturated heterocycles. The molecule has 0 aliphatic carbocycles. The van der Waals surface area contributed by atoms with E-state index in [-0.39, 0.29) is 0 Å². The summed E-state index contributed by atoms with van der Waals surface area (Å²) in [6, 6.07) is 10.5. The number of thiazole rings is 1. The van der Waals surface area contributed by atoms with Crippen molar-refractivity contribution in [2.24, 2.45) is 0 Å². The zero-order valence-electron chi connectivity index (χ0n) is 17.1. The van der Waals surface area contributed by atoms with Crippen molar-refractivity contribution in [1.82, 2.24) is 29.4 Å².